The molecule has 3 rings (SSSR count). The minimum atomic E-state index is 0.584. The Morgan fingerprint density at radius 3 is 2.57 bits per heavy atom. The summed E-state index contributed by atoms with van der Waals surface area (Å²) in [6.45, 7) is 4.10. The average Bonchev–Trinajstić information content (AvgIpc) is 2.95. The molecule has 0 amide bonds. The van der Waals surface area contributed by atoms with E-state index >= 15 is 0 Å². The van der Waals surface area contributed by atoms with E-state index < -0.39 is 0 Å². The molecule has 4 nitrogen and oxygen atoms in total. The third kappa shape index (κ3) is 2.36. The number of nitrogens with zero attached hydrogens (tertiary/aromatic N) is 3. The van der Waals surface area contributed by atoms with Crippen LogP contribution in [-0.2, 0) is 0 Å². The minimum absolute atomic E-state index is 0.584. The summed E-state index contributed by atoms with van der Waals surface area (Å²) in [5.74, 6) is 0. The van der Waals surface area contributed by atoms with Crippen molar-refractivity contribution in [1.82, 2.24) is 14.8 Å². The second-order valence-corrected chi connectivity index (χ2v) is 4.95. The third-order valence-corrected chi connectivity index (χ3v) is 3.66. The van der Waals surface area contributed by atoms with Crippen molar-refractivity contribution in [3.05, 3.63) is 65.6 Å². The molecule has 3 aromatic rings. The van der Waals surface area contributed by atoms with Crippen molar-refractivity contribution in [3.63, 3.8) is 0 Å². The molecule has 4 heteroatoms. The summed E-state index contributed by atoms with van der Waals surface area (Å²) in [5, 5.41) is 4.58. The van der Waals surface area contributed by atoms with Crippen LogP contribution in [0.5, 0.6) is 0 Å². The van der Waals surface area contributed by atoms with Gasteiger partial charge >= 0.3 is 0 Å². The molecule has 1 aromatic carbocycles. The highest BCUT2D eigenvalue weighted by Crippen LogP contribution is 2.27. The van der Waals surface area contributed by atoms with E-state index in [0.717, 1.165) is 23.1 Å². The van der Waals surface area contributed by atoms with Crippen LogP contribution < -0.4 is 0 Å². The van der Waals surface area contributed by atoms with Gasteiger partial charge in [-0.3, -0.25) is 9.78 Å². The fourth-order valence-electron chi connectivity index (χ4n) is 2.32. The molecular formula is C17H15N3O. The SMILES string of the molecule is Cc1cccc(-c2nn(-c3ccncc3)cc2C=O)c1C. The summed E-state index contributed by atoms with van der Waals surface area (Å²) in [4.78, 5) is 15.4. The van der Waals surface area contributed by atoms with Gasteiger partial charge in [0.1, 0.15) is 5.69 Å². The van der Waals surface area contributed by atoms with E-state index in [4.69, 9.17) is 0 Å². The van der Waals surface area contributed by atoms with Gasteiger partial charge in [-0.15, -0.1) is 0 Å². The van der Waals surface area contributed by atoms with Crippen molar-refractivity contribution < 1.29 is 4.79 Å². The van der Waals surface area contributed by atoms with Gasteiger partial charge in [0.05, 0.1) is 11.3 Å². The van der Waals surface area contributed by atoms with E-state index in [2.05, 4.69) is 23.1 Å². The molecular weight excluding hydrogens is 262 g/mol. The number of hydrogen-bond acceptors (Lipinski definition) is 3. The van der Waals surface area contributed by atoms with E-state index in [1.54, 1.807) is 23.3 Å². The smallest absolute Gasteiger partial charge is 0.153 e. The molecule has 104 valence electrons. The molecule has 0 aliphatic heterocycles. The van der Waals surface area contributed by atoms with Gasteiger partial charge in [0.15, 0.2) is 6.29 Å². The highest BCUT2D eigenvalue weighted by molar-refractivity contribution is 5.86. The Morgan fingerprint density at radius 2 is 1.86 bits per heavy atom. The fraction of sp³-hybridized carbons (Fsp3) is 0.118. The lowest BCUT2D eigenvalue weighted by molar-refractivity contribution is 0.112. The molecule has 0 radical (unpaired) electrons. The number of carbonyl (C=O) groups excluding carboxylic acids is 1. The maximum atomic E-state index is 11.4. The molecule has 21 heavy (non-hydrogen) atoms. The Balaban J connectivity index is 2.17. The maximum absolute atomic E-state index is 11.4. The number of carbonyl (C=O) groups is 1. The van der Waals surface area contributed by atoms with Crippen LogP contribution in [0.1, 0.15) is 21.5 Å². The zero-order valence-electron chi connectivity index (χ0n) is 11.9. The lowest BCUT2D eigenvalue weighted by Crippen LogP contribution is -1.95. The van der Waals surface area contributed by atoms with Crippen molar-refractivity contribution in [3.8, 4) is 16.9 Å². The third-order valence-electron chi connectivity index (χ3n) is 3.66. The first-order valence-electron chi connectivity index (χ1n) is 6.72. The molecule has 0 unspecified atom stereocenters. The fourth-order valence-corrected chi connectivity index (χ4v) is 2.32. The van der Waals surface area contributed by atoms with Crippen molar-refractivity contribution >= 4 is 6.29 Å². The second-order valence-electron chi connectivity index (χ2n) is 4.95. The minimum Gasteiger partial charge on any atom is -0.298 e. The molecule has 0 fully saturated rings. The predicted octanol–water partition coefficient (Wildman–Crippen LogP) is 3.36. The first kappa shape index (κ1) is 13.2. The molecule has 0 bridgehead atoms. The standard InChI is InChI=1S/C17H15N3O/c1-12-4-3-5-16(13(12)2)17-14(11-21)10-20(19-17)15-6-8-18-9-7-15/h3-11H,1-2H3. The van der Waals surface area contributed by atoms with E-state index in [-0.39, 0.29) is 0 Å². The zero-order valence-corrected chi connectivity index (χ0v) is 11.9. The van der Waals surface area contributed by atoms with Gasteiger partial charge in [-0.1, -0.05) is 18.2 Å². The van der Waals surface area contributed by atoms with Crippen molar-refractivity contribution in [2.45, 2.75) is 13.8 Å². The Morgan fingerprint density at radius 1 is 1.10 bits per heavy atom. The van der Waals surface area contributed by atoms with Crippen molar-refractivity contribution in [2.24, 2.45) is 0 Å². The number of benzene rings is 1. The average molecular weight is 277 g/mol. The van der Waals surface area contributed by atoms with E-state index in [0.29, 0.717) is 11.3 Å². The molecule has 0 saturated heterocycles. The molecule has 0 saturated carbocycles. The lowest BCUT2D eigenvalue weighted by Gasteiger charge is -2.06. The van der Waals surface area contributed by atoms with Crippen molar-refractivity contribution in [1.29, 1.82) is 0 Å². The normalized spacial score (nSPS) is 10.6. The van der Waals surface area contributed by atoms with E-state index in [9.17, 15) is 4.79 Å². The van der Waals surface area contributed by atoms with Crippen LogP contribution in [0.2, 0.25) is 0 Å². The van der Waals surface area contributed by atoms with Gasteiger partial charge in [-0.25, -0.2) is 4.68 Å². The van der Waals surface area contributed by atoms with Crippen LogP contribution in [0.3, 0.4) is 0 Å². The highest BCUT2D eigenvalue weighted by Gasteiger charge is 2.14. The quantitative estimate of drug-likeness (QED) is 0.690. The highest BCUT2D eigenvalue weighted by atomic mass is 16.1. The maximum Gasteiger partial charge on any atom is 0.153 e. The van der Waals surface area contributed by atoms with Crippen LogP contribution in [0.4, 0.5) is 0 Å². The van der Waals surface area contributed by atoms with Crippen LogP contribution in [0, 0.1) is 13.8 Å². The number of rotatable bonds is 3. The van der Waals surface area contributed by atoms with Gasteiger partial charge in [0.2, 0.25) is 0 Å². The number of aromatic nitrogens is 3. The van der Waals surface area contributed by atoms with Crippen LogP contribution >= 0.6 is 0 Å². The largest absolute Gasteiger partial charge is 0.298 e. The summed E-state index contributed by atoms with van der Waals surface area (Å²) in [6, 6.07) is 9.74. The van der Waals surface area contributed by atoms with Crippen molar-refractivity contribution in [2.75, 3.05) is 0 Å². The number of aldehydes is 1. The summed E-state index contributed by atoms with van der Waals surface area (Å²) >= 11 is 0. The van der Waals surface area contributed by atoms with E-state index in [1.165, 1.54) is 5.56 Å². The Bertz CT molecular complexity index is 791. The topological polar surface area (TPSA) is 47.8 Å². The molecule has 0 atom stereocenters. The monoisotopic (exact) mass is 277 g/mol. The molecule has 2 heterocycles. The molecule has 0 spiro atoms. The first-order valence-corrected chi connectivity index (χ1v) is 6.72. The van der Waals surface area contributed by atoms with Gasteiger partial charge in [-0.2, -0.15) is 5.10 Å². The van der Waals surface area contributed by atoms with Crippen LogP contribution in [0.15, 0.2) is 48.9 Å². The van der Waals surface area contributed by atoms with E-state index in [1.807, 2.05) is 31.2 Å². The van der Waals surface area contributed by atoms with Gasteiger partial charge in [0, 0.05) is 24.2 Å². The number of aryl methyl sites for hydroxylation is 1. The second kappa shape index (κ2) is 5.32. The molecule has 2 aromatic heterocycles. The summed E-state index contributed by atoms with van der Waals surface area (Å²) in [7, 11) is 0. The summed E-state index contributed by atoms with van der Waals surface area (Å²) < 4.78 is 1.71. The molecule has 0 N–H and O–H groups in total. The Kier molecular flexibility index (Phi) is 3.36. The molecule has 0 aliphatic rings. The lowest BCUT2D eigenvalue weighted by atomic mass is 9.99. The predicted molar refractivity (Wildman–Crippen MR) is 81.7 cm³/mol. The number of pyridine rings is 1. The van der Waals surface area contributed by atoms with Gasteiger partial charge < -0.3 is 0 Å². The van der Waals surface area contributed by atoms with Gasteiger partial charge in [-0.05, 0) is 37.1 Å². The van der Waals surface area contributed by atoms with Crippen LogP contribution in [-0.4, -0.2) is 21.1 Å². The summed E-state index contributed by atoms with van der Waals surface area (Å²) in [5.41, 5.74) is 5.49. The zero-order chi connectivity index (χ0) is 14.8. The first-order chi connectivity index (χ1) is 10.2. The summed E-state index contributed by atoms with van der Waals surface area (Å²) in [6.07, 6.45) is 6.01. The Hall–Kier alpha value is -2.75. The number of hydrogen-bond donors (Lipinski definition) is 0. The Labute approximate surface area is 123 Å². The molecule has 0 aliphatic carbocycles. The van der Waals surface area contributed by atoms with Crippen LogP contribution in [0.25, 0.3) is 16.9 Å². The van der Waals surface area contributed by atoms with Gasteiger partial charge in [0.25, 0.3) is 0 Å².